The van der Waals surface area contributed by atoms with Gasteiger partial charge < -0.3 is 15.7 Å². The topological polar surface area (TPSA) is 83.6 Å². The fourth-order valence-corrected chi connectivity index (χ4v) is 2.70. The van der Waals surface area contributed by atoms with Gasteiger partial charge >= 0.3 is 0 Å². The summed E-state index contributed by atoms with van der Waals surface area (Å²) in [6.07, 6.45) is 0.157. The fraction of sp³-hybridized carbons (Fsp3) is 1.00. The first-order chi connectivity index (χ1) is 6.53. The zero-order chi connectivity index (χ0) is 10.6. The van der Waals surface area contributed by atoms with Crippen LogP contribution in [0.15, 0.2) is 0 Å². The van der Waals surface area contributed by atoms with E-state index in [1.165, 1.54) is 0 Å². The van der Waals surface area contributed by atoms with Crippen LogP contribution in [0.5, 0.6) is 0 Å². The Morgan fingerprint density at radius 3 is 2.43 bits per heavy atom. The van der Waals surface area contributed by atoms with Crippen LogP contribution in [0.1, 0.15) is 6.42 Å². The molecule has 0 spiro atoms. The van der Waals surface area contributed by atoms with Gasteiger partial charge in [0.1, 0.15) is 0 Å². The Morgan fingerprint density at radius 2 is 1.93 bits per heavy atom. The Hall–Kier alpha value is -0.170. The van der Waals surface area contributed by atoms with E-state index in [4.69, 9.17) is 5.73 Å². The van der Waals surface area contributed by atoms with Crippen molar-refractivity contribution in [3.63, 3.8) is 0 Å². The monoisotopic (exact) mass is 222 g/mol. The van der Waals surface area contributed by atoms with Crippen LogP contribution in [-0.4, -0.2) is 62.2 Å². The predicted molar refractivity (Wildman–Crippen MR) is 54.8 cm³/mol. The molecule has 1 atom stereocenters. The minimum absolute atomic E-state index is 0.242. The van der Waals surface area contributed by atoms with Gasteiger partial charge in [0.2, 0.25) is 0 Å². The molecule has 5 nitrogen and oxygen atoms in total. The number of nitrogens with two attached hydrogens (primary N) is 1. The third-order valence-electron chi connectivity index (χ3n) is 2.49. The van der Waals surface area contributed by atoms with E-state index < -0.39 is 15.9 Å². The van der Waals surface area contributed by atoms with E-state index in [0.717, 1.165) is 6.54 Å². The van der Waals surface area contributed by atoms with E-state index in [2.05, 4.69) is 4.90 Å². The normalized spacial score (nSPS) is 24.7. The van der Waals surface area contributed by atoms with Crippen molar-refractivity contribution in [2.24, 2.45) is 5.73 Å². The molecule has 0 amide bonds. The van der Waals surface area contributed by atoms with Gasteiger partial charge in [0.05, 0.1) is 17.6 Å². The van der Waals surface area contributed by atoms with Crippen molar-refractivity contribution < 1.29 is 13.5 Å². The van der Waals surface area contributed by atoms with Gasteiger partial charge in [-0.15, -0.1) is 0 Å². The second-order valence-electron chi connectivity index (χ2n) is 3.67. The Kier molecular flexibility index (Phi) is 4.31. The SMILES string of the molecule is NCC(O)CCN1CCS(=O)(=O)CC1. The standard InChI is InChI=1S/C8H18N2O3S/c9-7-8(11)1-2-10-3-5-14(12,13)6-4-10/h8,11H,1-7,9H2. The van der Waals surface area contributed by atoms with E-state index in [-0.39, 0.29) is 18.1 Å². The molecule has 0 aromatic heterocycles. The number of hydrogen-bond acceptors (Lipinski definition) is 5. The van der Waals surface area contributed by atoms with Crippen LogP contribution >= 0.6 is 0 Å². The molecule has 3 N–H and O–H groups in total. The summed E-state index contributed by atoms with van der Waals surface area (Å²) in [5.41, 5.74) is 5.27. The number of aliphatic hydroxyl groups excluding tert-OH is 1. The lowest BCUT2D eigenvalue weighted by molar-refractivity contribution is 0.150. The number of sulfone groups is 1. The molecule has 84 valence electrons. The minimum atomic E-state index is -2.79. The van der Waals surface area contributed by atoms with Gasteiger partial charge in [-0.25, -0.2) is 8.42 Å². The van der Waals surface area contributed by atoms with Crippen LogP contribution in [-0.2, 0) is 9.84 Å². The van der Waals surface area contributed by atoms with Gasteiger partial charge in [0, 0.05) is 26.2 Å². The lowest BCUT2D eigenvalue weighted by Gasteiger charge is -2.26. The third-order valence-corrected chi connectivity index (χ3v) is 4.10. The third kappa shape index (κ3) is 3.91. The molecule has 1 fully saturated rings. The number of aliphatic hydroxyl groups is 1. The summed E-state index contributed by atoms with van der Waals surface area (Å²) >= 11 is 0. The molecule has 0 saturated carbocycles. The average Bonchev–Trinajstić information content (AvgIpc) is 2.16. The molecule has 6 heteroatoms. The summed E-state index contributed by atoms with van der Waals surface area (Å²) in [5.74, 6) is 0.484. The van der Waals surface area contributed by atoms with Gasteiger partial charge in [0.15, 0.2) is 9.84 Å². The molecule has 1 aliphatic heterocycles. The van der Waals surface area contributed by atoms with Crippen LogP contribution in [0.2, 0.25) is 0 Å². The number of hydrogen-bond donors (Lipinski definition) is 2. The largest absolute Gasteiger partial charge is 0.392 e. The Balaban J connectivity index is 2.23. The zero-order valence-corrected chi connectivity index (χ0v) is 9.04. The first-order valence-electron chi connectivity index (χ1n) is 4.84. The molecular weight excluding hydrogens is 204 g/mol. The summed E-state index contributed by atoms with van der Waals surface area (Å²) < 4.78 is 22.2. The van der Waals surface area contributed by atoms with Crippen molar-refractivity contribution in [2.75, 3.05) is 37.7 Å². The molecule has 1 rings (SSSR count). The highest BCUT2D eigenvalue weighted by Gasteiger charge is 2.21. The van der Waals surface area contributed by atoms with E-state index in [1.54, 1.807) is 0 Å². The zero-order valence-electron chi connectivity index (χ0n) is 8.22. The second-order valence-corrected chi connectivity index (χ2v) is 5.98. The van der Waals surface area contributed by atoms with E-state index in [0.29, 0.717) is 19.5 Å². The van der Waals surface area contributed by atoms with Gasteiger partial charge in [-0.3, -0.25) is 0 Å². The highest BCUT2D eigenvalue weighted by atomic mass is 32.2. The lowest BCUT2D eigenvalue weighted by Crippen LogP contribution is -2.41. The van der Waals surface area contributed by atoms with Crippen molar-refractivity contribution in [1.29, 1.82) is 0 Å². The number of nitrogens with zero attached hydrogens (tertiary/aromatic N) is 1. The first kappa shape index (κ1) is 11.9. The molecule has 0 aromatic rings. The average molecular weight is 222 g/mol. The Bertz CT molecular complexity index is 252. The molecule has 1 saturated heterocycles. The van der Waals surface area contributed by atoms with Crippen molar-refractivity contribution in [3.8, 4) is 0 Å². The van der Waals surface area contributed by atoms with Crippen LogP contribution in [0.4, 0.5) is 0 Å². The fourth-order valence-electron chi connectivity index (χ4n) is 1.42. The molecule has 1 unspecified atom stereocenters. The molecule has 1 heterocycles. The molecule has 14 heavy (non-hydrogen) atoms. The predicted octanol–water partition coefficient (Wildman–Crippen LogP) is -1.57. The number of rotatable bonds is 4. The van der Waals surface area contributed by atoms with Gasteiger partial charge in [-0.2, -0.15) is 0 Å². The highest BCUT2D eigenvalue weighted by molar-refractivity contribution is 7.91. The summed E-state index contributed by atoms with van der Waals surface area (Å²) in [6, 6.07) is 0. The van der Waals surface area contributed by atoms with E-state index >= 15 is 0 Å². The van der Waals surface area contributed by atoms with Crippen molar-refractivity contribution in [2.45, 2.75) is 12.5 Å². The smallest absolute Gasteiger partial charge is 0.152 e. The summed E-state index contributed by atoms with van der Waals surface area (Å²) in [5, 5.41) is 9.22. The van der Waals surface area contributed by atoms with Crippen LogP contribution in [0.25, 0.3) is 0 Å². The molecular formula is C8H18N2O3S. The van der Waals surface area contributed by atoms with Gasteiger partial charge in [-0.1, -0.05) is 0 Å². The van der Waals surface area contributed by atoms with Gasteiger partial charge in [0.25, 0.3) is 0 Å². The quantitative estimate of drug-likeness (QED) is 0.600. The Morgan fingerprint density at radius 1 is 1.36 bits per heavy atom. The van der Waals surface area contributed by atoms with Gasteiger partial charge in [-0.05, 0) is 6.42 Å². The minimum Gasteiger partial charge on any atom is -0.392 e. The maximum Gasteiger partial charge on any atom is 0.152 e. The van der Waals surface area contributed by atoms with Crippen LogP contribution in [0, 0.1) is 0 Å². The molecule has 0 aromatic carbocycles. The van der Waals surface area contributed by atoms with E-state index in [9.17, 15) is 13.5 Å². The molecule has 0 aliphatic carbocycles. The van der Waals surface area contributed by atoms with Crippen molar-refractivity contribution >= 4 is 9.84 Å². The maximum absolute atomic E-state index is 11.1. The lowest BCUT2D eigenvalue weighted by atomic mass is 10.2. The summed E-state index contributed by atoms with van der Waals surface area (Å²) in [7, 11) is -2.79. The molecule has 1 aliphatic rings. The highest BCUT2D eigenvalue weighted by Crippen LogP contribution is 2.04. The van der Waals surface area contributed by atoms with Crippen LogP contribution in [0.3, 0.4) is 0 Å². The first-order valence-corrected chi connectivity index (χ1v) is 6.66. The Labute approximate surface area is 84.8 Å². The van der Waals surface area contributed by atoms with Crippen molar-refractivity contribution in [1.82, 2.24) is 4.90 Å². The summed E-state index contributed by atoms with van der Waals surface area (Å²) in [4.78, 5) is 2.06. The molecule has 0 radical (unpaired) electrons. The second kappa shape index (κ2) is 5.06. The van der Waals surface area contributed by atoms with Crippen LogP contribution < -0.4 is 5.73 Å². The van der Waals surface area contributed by atoms with Crippen molar-refractivity contribution in [3.05, 3.63) is 0 Å². The van der Waals surface area contributed by atoms with E-state index in [1.807, 2.05) is 0 Å². The molecule has 0 bridgehead atoms. The maximum atomic E-state index is 11.1. The summed E-state index contributed by atoms with van der Waals surface area (Å²) in [6.45, 7) is 2.17.